The van der Waals surface area contributed by atoms with Gasteiger partial charge in [-0.15, -0.1) is 11.3 Å². The number of nitrogens with one attached hydrogen (secondary N) is 2. The first kappa shape index (κ1) is 12.1. The van der Waals surface area contributed by atoms with Crippen molar-refractivity contribution in [1.29, 1.82) is 0 Å². The van der Waals surface area contributed by atoms with Crippen LogP contribution in [0.4, 0.5) is 5.82 Å². The predicted molar refractivity (Wildman–Crippen MR) is 68.1 cm³/mol. The quantitative estimate of drug-likeness (QED) is 0.288. The van der Waals surface area contributed by atoms with Crippen LogP contribution in [0, 0.1) is 6.92 Å². The van der Waals surface area contributed by atoms with Gasteiger partial charge in [0.05, 0.1) is 16.6 Å². The summed E-state index contributed by atoms with van der Waals surface area (Å²) in [6, 6.07) is 3.59. The second-order valence-corrected chi connectivity index (χ2v) is 4.80. The Morgan fingerprint density at radius 2 is 2.39 bits per heavy atom. The number of nitrogens with zero attached hydrogens (tertiary/aromatic N) is 2. The van der Waals surface area contributed by atoms with Crippen molar-refractivity contribution in [3.05, 3.63) is 33.6 Å². The minimum atomic E-state index is -0.274. The Morgan fingerprint density at radius 1 is 1.61 bits per heavy atom. The van der Waals surface area contributed by atoms with Gasteiger partial charge in [0.25, 0.3) is 5.91 Å². The molecular formula is C10H11N5O2S. The van der Waals surface area contributed by atoms with Crippen LogP contribution in [0.25, 0.3) is 0 Å². The molecule has 0 atom stereocenters. The number of rotatable bonds is 3. The van der Waals surface area contributed by atoms with Gasteiger partial charge in [-0.05, 0) is 19.1 Å². The molecule has 8 heteroatoms. The molecule has 0 aliphatic carbocycles. The maximum Gasteiger partial charge on any atom is 0.266 e. The van der Waals surface area contributed by atoms with Gasteiger partial charge in [-0.1, -0.05) is 5.16 Å². The Kier molecular flexibility index (Phi) is 3.28. The molecule has 0 aliphatic rings. The van der Waals surface area contributed by atoms with Crippen LogP contribution in [-0.4, -0.2) is 27.1 Å². The van der Waals surface area contributed by atoms with Crippen LogP contribution in [0.15, 0.2) is 23.5 Å². The van der Waals surface area contributed by atoms with Crippen LogP contribution in [0.2, 0.25) is 0 Å². The van der Waals surface area contributed by atoms with E-state index in [1.54, 1.807) is 6.07 Å². The standard InChI is InChI=1S/C10H11N5O2S/c1-5-2-3-7(18-5)10(16)13-9-6(4-12-14-9)8(11)15-17/h2-4,17H,1H3,(H2,11,15)(H2,12,13,14,16). The molecule has 2 aromatic heterocycles. The average molecular weight is 265 g/mol. The minimum absolute atomic E-state index is 0.124. The lowest BCUT2D eigenvalue weighted by Crippen LogP contribution is -2.17. The number of amidine groups is 1. The van der Waals surface area contributed by atoms with Gasteiger partial charge in [0.1, 0.15) is 5.82 Å². The first-order valence-corrected chi connectivity index (χ1v) is 5.82. The first-order valence-electron chi connectivity index (χ1n) is 5.01. The monoisotopic (exact) mass is 265 g/mol. The zero-order valence-electron chi connectivity index (χ0n) is 9.47. The molecule has 0 aliphatic heterocycles. The lowest BCUT2D eigenvalue weighted by Gasteiger charge is -2.02. The maximum absolute atomic E-state index is 11.9. The number of hydrogen-bond donors (Lipinski definition) is 4. The smallest absolute Gasteiger partial charge is 0.266 e. The van der Waals surface area contributed by atoms with Crippen molar-refractivity contribution in [1.82, 2.24) is 10.2 Å². The summed E-state index contributed by atoms with van der Waals surface area (Å²) < 4.78 is 0. The summed E-state index contributed by atoms with van der Waals surface area (Å²) >= 11 is 1.38. The summed E-state index contributed by atoms with van der Waals surface area (Å²) in [6.45, 7) is 1.92. The normalized spacial score (nSPS) is 11.5. The summed E-state index contributed by atoms with van der Waals surface area (Å²) in [5.41, 5.74) is 5.78. The van der Waals surface area contributed by atoms with E-state index in [1.165, 1.54) is 17.5 Å². The van der Waals surface area contributed by atoms with Crippen LogP contribution >= 0.6 is 11.3 Å². The lowest BCUT2D eigenvalue weighted by molar-refractivity contribution is 0.103. The zero-order chi connectivity index (χ0) is 13.1. The highest BCUT2D eigenvalue weighted by Crippen LogP contribution is 2.18. The lowest BCUT2D eigenvalue weighted by atomic mass is 10.3. The minimum Gasteiger partial charge on any atom is -0.409 e. The summed E-state index contributed by atoms with van der Waals surface area (Å²) in [5, 5.41) is 20.4. The molecule has 0 spiro atoms. The van der Waals surface area contributed by atoms with Gasteiger partial charge < -0.3 is 16.3 Å². The molecule has 0 unspecified atom stereocenters. The molecule has 1 amide bonds. The highest BCUT2D eigenvalue weighted by molar-refractivity contribution is 7.14. The summed E-state index contributed by atoms with van der Waals surface area (Å²) in [5.74, 6) is -0.105. The molecule has 0 bridgehead atoms. The summed E-state index contributed by atoms with van der Waals surface area (Å²) in [6.07, 6.45) is 1.37. The Hall–Kier alpha value is -2.35. The van der Waals surface area contributed by atoms with Crippen molar-refractivity contribution in [2.24, 2.45) is 10.9 Å². The van der Waals surface area contributed by atoms with Crippen molar-refractivity contribution in [2.45, 2.75) is 6.92 Å². The second-order valence-electron chi connectivity index (χ2n) is 3.51. The molecule has 5 N–H and O–H groups in total. The van der Waals surface area contributed by atoms with Crippen LogP contribution in [0.5, 0.6) is 0 Å². The van der Waals surface area contributed by atoms with E-state index < -0.39 is 0 Å². The topological polar surface area (TPSA) is 116 Å². The number of hydrogen-bond acceptors (Lipinski definition) is 5. The maximum atomic E-state index is 11.9. The number of aryl methyl sites for hydroxylation is 1. The van der Waals surface area contributed by atoms with E-state index >= 15 is 0 Å². The molecule has 0 fully saturated rings. The van der Waals surface area contributed by atoms with E-state index in [1.807, 2.05) is 13.0 Å². The molecule has 0 saturated carbocycles. The van der Waals surface area contributed by atoms with Gasteiger partial charge in [0.2, 0.25) is 0 Å². The molecule has 0 aromatic carbocycles. The van der Waals surface area contributed by atoms with E-state index in [4.69, 9.17) is 10.9 Å². The molecule has 94 valence electrons. The summed E-state index contributed by atoms with van der Waals surface area (Å²) in [7, 11) is 0. The van der Waals surface area contributed by atoms with Crippen molar-refractivity contribution >= 4 is 28.9 Å². The zero-order valence-corrected chi connectivity index (χ0v) is 10.3. The molecule has 2 heterocycles. The van der Waals surface area contributed by atoms with E-state index in [0.29, 0.717) is 16.3 Å². The third kappa shape index (κ3) is 2.33. The van der Waals surface area contributed by atoms with E-state index in [9.17, 15) is 4.79 Å². The number of carbonyl (C=O) groups is 1. The third-order valence-corrected chi connectivity index (χ3v) is 3.23. The number of oxime groups is 1. The van der Waals surface area contributed by atoms with E-state index in [0.717, 1.165) is 4.88 Å². The molecule has 0 saturated heterocycles. The van der Waals surface area contributed by atoms with Gasteiger partial charge in [0, 0.05) is 4.88 Å². The van der Waals surface area contributed by atoms with Crippen molar-refractivity contribution in [3.63, 3.8) is 0 Å². The number of aromatic amines is 1. The largest absolute Gasteiger partial charge is 0.409 e. The molecule has 2 rings (SSSR count). The Balaban J connectivity index is 2.20. The number of amides is 1. The highest BCUT2D eigenvalue weighted by Gasteiger charge is 2.14. The van der Waals surface area contributed by atoms with Gasteiger partial charge in [0.15, 0.2) is 5.84 Å². The van der Waals surface area contributed by atoms with Gasteiger partial charge in [-0.2, -0.15) is 5.10 Å². The molecule has 2 aromatic rings. The van der Waals surface area contributed by atoms with Gasteiger partial charge >= 0.3 is 0 Å². The Bertz CT molecular complexity index is 601. The Labute approximate surface area is 106 Å². The van der Waals surface area contributed by atoms with Crippen LogP contribution < -0.4 is 11.1 Å². The number of aromatic nitrogens is 2. The fourth-order valence-corrected chi connectivity index (χ4v) is 2.12. The van der Waals surface area contributed by atoms with Crippen LogP contribution in [-0.2, 0) is 0 Å². The van der Waals surface area contributed by atoms with E-state index in [2.05, 4.69) is 20.7 Å². The molecule has 7 nitrogen and oxygen atoms in total. The SMILES string of the molecule is Cc1ccc(C(=O)Nc2[nH]ncc2C(N)=NO)s1. The van der Waals surface area contributed by atoms with Crippen molar-refractivity contribution in [3.8, 4) is 0 Å². The third-order valence-electron chi connectivity index (χ3n) is 2.23. The fraction of sp³-hybridized carbons (Fsp3) is 0.100. The van der Waals surface area contributed by atoms with Crippen LogP contribution in [0.3, 0.4) is 0 Å². The number of carbonyl (C=O) groups excluding carboxylic acids is 1. The highest BCUT2D eigenvalue weighted by atomic mass is 32.1. The number of H-pyrrole nitrogens is 1. The van der Waals surface area contributed by atoms with Gasteiger partial charge in [-0.25, -0.2) is 0 Å². The predicted octanol–water partition coefficient (Wildman–Crippen LogP) is 1.13. The fourth-order valence-electron chi connectivity index (χ4n) is 1.36. The van der Waals surface area contributed by atoms with Crippen molar-refractivity contribution < 1.29 is 10.0 Å². The number of thiophene rings is 1. The molecule has 18 heavy (non-hydrogen) atoms. The molecular weight excluding hydrogens is 254 g/mol. The second kappa shape index (κ2) is 4.88. The summed E-state index contributed by atoms with van der Waals surface area (Å²) in [4.78, 5) is 13.5. The number of anilines is 1. The van der Waals surface area contributed by atoms with Gasteiger partial charge in [-0.3, -0.25) is 9.89 Å². The number of nitrogens with two attached hydrogens (primary N) is 1. The Morgan fingerprint density at radius 3 is 3.00 bits per heavy atom. The average Bonchev–Trinajstić information content (AvgIpc) is 2.97. The molecule has 0 radical (unpaired) electrons. The van der Waals surface area contributed by atoms with Crippen LogP contribution in [0.1, 0.15) is 20.1 Å². The first-order chi connectivity index (χ1) is 8.61. The van der Waals surface area contributed by atoms with E-state index in [-0.39, 0.29) is 11.7 Å². The van der Waals surface area contributed by atoms with Crippen molar-refractivity contribution in [2.75, 3.05) is 5.32 Å².